The molecule has 1 atom stereocenters. The van der Waals surface area contributed by atoms with Gasteiger partial charge in [-0.15, -0.1) is 11.3 Å². The number of nitrogens with zero attached hydrogens (tertiary/aromatic N) is 3. The van der Waals surface area contributed by atoms with Gasteiger partial charge in [-0.2, -0.15) is 0 Å². The summed E-state index contributed by atoms with van der Waals surface area (Å²) in [6.07, 6.45) is 4.15. The normalized spacial score (nSPS) is 22.4. The van der Waals surface area contributed by atoms with E-state index in [4.69, 9.17) is 10.7 Å². The second kappa shape index (κ2) is 7.14. The van der Waals surface area contributed by atoms with Gasteiger partial charge in [0, 0.05) is 30.1 Å². The lowest BCUT2D eigenvalue weighted by atomic mass is 10.0. The molecule has 2 aliphatic rings. The Morgan fingerprint density at radius 1 is 1.12 bits per heavy atom. The SMILES string of the molecule is NC(=O)C1CCCN1C1CCN(c2nc(-c3ccccc3)cs2)CC1. The van der Waals surface area contributed by atoms with Crippen molar-refractivity contribution in [3.8, 4) is 11.3 Å². The zero-order chi connectivity index (χ0) is 17.2. The number of nitrogens with two attached hydrogens (primary N) is 1. The Bertz CT molecular complexity index is 724. The quantitative estimate of drug-likeness (QED) is 0.915. The number of carbonyl (C=O) groups excluding carboxylic acids is 1. The van der Waals surface area contributed by atoms with E-state index in [1.165, 1.54) is 5.56 Å². The Labute approximate surface area is 152 Å². The molecule has 0 radical (unpaired) electrons. The molecule has 0 bridgehead atoms. The summed E-state index contributed by atoms with van der Waals surface area (Å²) in [7, 11) is 0. The highest BCUT2D eigenvalue weighted by molar-refractivity contribution is 7.14. The molecular formula is C19H24N4OS. The van der Waals surface area contributed by atoms with Crippen LogP contribution in [0.1, 0.15) is 25.7 Å². The first-order chi connectivity index (χ1) is 12.2. The van der Waals surface area contributed by atoms with Crippen molar-refractivity contribution in [2.45, 2.75) is 37.8 Å². The second-order valence-corrected chi connectivity index (χ2v) is 7.73. The minimum Gasteiger partial charge on any atom is -0.368 e. The molecule has 0 spiro atoms. The molecule has 2 aliphatic heterocycles. The number of primary amides is 1. The average molecular weight is 356 g/mol. The van der Waals surface area contributed by atoms with E-state index in [0.29, 0.717) is 6.04 Å². The first-order valence-corrected chi connectivity index (χ1v) is 9.91. The summed E-state index contributed by atoms with van der Waals surface area (Å²) in [4.78, 5) is 21.2. The molecule has 4 rings (SSSR count). The number of piperidine rings is 1. The van der Waals surface area contributed by atoms with E-state index in [1.807, 2.05) is 18.2 Å². The summed E-state index contributed by atoms with van der Waals surface area (Å²) in [6, 6.07) is 10.7. The average Bonchev–Trinajstić information content (AvgIpc) is 3.32. The maximum Gasteiger partial charge on any atom is 0.234 e. The lowest BCUT2D eigenvalue weighted by Crippen LogP contribution is -2.50. The zero-order valence-corrected chi connectivity index (χ0v) is 15.1. The Morgan fingerprint density at radius 2 is 1.88 bits per heavy atom. The van der Waals surface area contributed by atoms with Crippen molar-refractivity contribution in [3.63, 3.8) is 0 Å². The number of hydrogen-bond acceptors (Lipinski definition) is 5. The number of amides is 1. The molecule has 0 aliphatic carbocycles. The Balaban J connectivity index is 1.39. The van der Waals surface area contributed by atoms with E-state index in [-0.39, 0.29) is 11.9 Å². The maximum atomic E-state index is 11.6. The molecule has 2 fully saturated rings. The van der Waals surface area contributed by atoms with Crippen molar-refractivity contribution in [1.29, 1.82) is 0 Å². The van der Waals surface area contributed by atoms with Gasteiger partial charge in [0.25, 0.3) is 0 Å². The molecule has 2 saturated heterocycles. The number of carbonyl (C=O) groups is 1. The summed E-state index contributed by atoms with van der Waals surface area (Å²) >= 11 is 1.72. The van der Waals surface area contributed by atoms with Crippen molar-refractivity contribution in [1.82, 2.24) is 9.88 Å². The van der Waals surface area contributed by atoms with Crippen LogP contribution in [0.2, 0.25) is 0 Å². The van der Waals surface area contributed by atoms with Crippen LogP contribution in [0.25, 0.3) is 11.3 Å². The second-order valence-electron chi connectivity index (χ2n) is 6.90. The summed E-state index contributed by atoms with van der Waals surface area (Å²) in [5.74, 6) is -0.160. The van der Waals surface area contributed by atoms with Crippen LogP contribution in [0.3, 0.4) is 0 Å². The minimum atomic E-state index is -0.160. The molecule has 0 saturated carbocycles. The molecule has 6 heteroatoms. The fraction of sp³-hybridized carbons (Fsp3) is 0.474. The van der Waals surface area contributed by atoms with Crippen LogP contribution < -0.4 is 10.6 Å². The van der Waals surface area contributed by atoms with Gasteiger partial charge >= 0.3 is 0 Å². The number of anilines is 1. The molecule has 1 amide bonds. The van der Waals surface area contributed by atoms with E-state index in [2.05, 4.69) is 27.3 Å². The molecule has 1 aromatic heterocycles. The third-order valence-electron chi connectivity index (χ3n) is 5.39. The zero-order valence-electron chi connectivity index (χ0n) is 14.3. The summed E-state index contributed by atoms with van der Waals surface area (Å²) in [5, 5.41) is 3.24. The fourth-order valence-corrected chi connectivity index (χ4v) is 4.96. The highest BCUT2D eigenvalue weighted by atomic mass is 32.1. The lowest BCUT2D eigenvalue weighted by molar-refractivity contribution is -0.123. The third kappa shape index (κ3) is 3.41. The molecule has 2 aromatic rings. The number of thiazole rings is 1. The molecule has 1 unspecified atom stereocenters. The first-order valence-electron chi connectivity index (χ1n) is 9.03. The van der Waals surface area contributed by atoms with Gasteiger partial charge in [-0.25, -0.2) is 4.98 Å². The van der Waals surface area contributed by atoms with Gasteiger partial charge < -0.3 is 10.6 Å². The number of likely N-dealkylation sites (tertiary alicyclic amines) is 1. The van der Waals surface area contributed by atoms with Gasteiger partial charge in [0.05, 0.1) is 11.7 Å². The number of benzene rings is 1. The smallest absolute Gasteiger partial charge is 0.234 e. The van der Waals surface area contributed by atoms with Crippen LogP contribution in [0.15, 0.2) is 35.7 Å². The summed E-state index contributed by atoms with van der Waals surface area (Å²) < 4.78 is 0. The maximum absolute atomic E-state index is 11.6. The highest BCUT2D eigenvalue weighted by Gasteiger charge is 2.35. The van der Waals surface area contributed by atoms with E-state index in [0.717, 1.165) is 56.1 Å². The lowest BCUT2D eigenvalue weighted by Gasteiger charge is -2.38. The standard InChI is InChI=1S/C19H24N4OS/c20-18(24)17-7-4-10-23(17)15-8-11-22(12-9-15)19-21-16(13-25-19)14-5-2-1-3-6-14/h1-3,5-6,13,15,17H,4,7-12H2,(H2,20,24). The number of rotatable bonds is 4. The van der Waals surface area contributed by atoms with Crippen LogP contribution in [0.4, 0.5) is 5.13 Å². The van der Waals surface area contributed by atoms with Crippen LogP contribution in [0.5, 0.6) is 0 Å². The predicted octanol–water partition coefficient (Wildman–Crippen LogP) is 2.73. The third-order valence-corrected chi connectivity index (χ3v) is 6.29. The van der Waals surface area contributed by atoms with E-state index < -0.39 is 0 Å². The van der Waals surface area contributed by atoms with Gasteiger partial charge in [0.1, 0.15) is 0 Å². The molecule has 1 aromatic carbocycles. The van der Waals surface area contributed by atoms with E-state index in [9.17, 15) is 4.79 Å². The van der Waals surface area contributed by atoms with Gasteiger partial charge in [-0.1, -0.05) is 30.3 Å². The molecule has 5 nitrogen and oxygen atoms in total. The van der Waals surface area contributed by atoms with Gasteiger partial charge in [-0.05, 0) is 32.2 Å². The van der Waals surface area contributed by atoms with Crippen LogP contribution in [-0.2, 0) is 4.79 Å². The van der Waals surface area contributed by atoms with Crippen LogP contribution in [-0.4, -0.2) is 47.5 Å². The molecule has 132 valence electrons. The summed E-state index contributed by atoms with van der Waals surface area (Å²) in [6.45, 7) is 3.00. The summed E-state index contributed by atoms with van der Waals surface area (Å²) in [5.41, 5.74) is 7.79. The van der Waals surface area contributed by atoms with Crippen molar-refractivity contribution < 1.29 is 4.79 Å². The first kappa shape index (κ1) is 16.5. The van der Waals surface area contributed by atoms with Gasteiger partial charge in [0.2, 0.25) is 5.91 Å². The van der Waals surface area contributed by atoms with Crippen molar-refractivity contribution >= 4 is 22.4 Å². The van der Waals surface area contributed by atoms with Crippen molar-refractivity contribution in [2.24, 2.45) is 5.73 Å². The van der Waals surface area contributed by atoms with Crippen LogP contribution in [0, 0.1) is 0 Å². The Kier molecular flexibility index (Phi) is 4.72. The Hall–Kier alpha value is -1.92. The largest absolute Gasteiger partial charge is 0.368 e. The van der Waals surface area contributed by atoms with Gasteiger partial charge in [-0.3, -0.25) is 9.69 Å². The number of hydrogen-bond donors (Lipinski definition) is 1. The van der Waals surface area contributed by atoms with E-state index >= 15 is 0 Å². The molecule has 2 N–H and O–H groups in total. The van der Waals surface area contributed by atoms with Crippen molar-refractivity contribution in [3.05, 3.63) is 35.7 Å². The van der Waals surface area contributed by atoms with Gasteiger partial charge in [0.15, 0.2) is 5.13 Å². The van der Waals surface area contributed by atoms with Crippen LogP contribution >= 0.6 is 11.3 Å². The fourth-order valence-electron chi connectivity index (χ4n) is 4.07. The number of aromatic nitrogens is 1. The molecule has 3 heterocycles. The Morgan fingerprint density at radius 3 is 2.60 bits per heavy atom. The minimum absolute atomic E-state index is 0.0545. The monoisotopic (exact) mass is 356 g/mol. The topological polar surface area (TPSA) is 62.5 Å². The predicted molar refractivity (Wildman–Crippen MR) is 102 cm³/mol. The molecular weight excluding hydrogens is 332 g/mol. The van der Waals surface area contributed by atoms with Crippen molar-refractivity contribution in [2.75, 3.05) is 24.5 Å². The molecule has 25 heavy (non-hydrogen) atoms. The van der Waals surface area contributed by atoms with E-state index in [1.54, 1.807) is 11.3 Å². The highest BCUT2D eigenvalue weighted by Crippen LogP contribution is 2.31.